The van der Waals surface area contributed by atoms with E-state index < -0.39 is 21.7 Å². The first-order chi connectivity index (χ1) is 17.7. The van der Waals surface area contributed by atoms with Gasteiger partial charge in [0.25, 0.3) is 10.0 Å². The molecule has 3 heterocycles. The number of pyridine rings is 1. The molecule has 0 bridgehead atoms. The minimum absolute atomic E-state index is 0.0110. The number of carbonyl (C=O) groups is 1. The second-order valence-electron chi connectivity index (χ2n) is 8.79. The van der Waals surface area contributed by atoms with Crippen LogP contribution in [-0.4, -0.2) is 42.1 Å². The van der Waals surface area contributed by atoms with Crippen LogP contribution >= 0.6 is 11.6 Å². The van der Waals surface area contributed by atoms with Gasteiger partial charge in [-0.2, -0.15) is 0 Å². The zero-order valence-corrected chi connectivity index (χ0v) is 21.9. The molecule has 4 aromatic rings. The van der Waals surface area contributed by atoms with Gasteiger partial charge in [0, 0.05) is 6.54 Å². The molecule has 0 saturated carbocycles. The molecule has 9 nitrogen and oxygen atoms in total. The number of aryl methyl sites for hydroxylation is 2. The summed E-state index contributed by atoms with van der Waals surface area (Å²) in [4.78, 5) is 32.5. The molecule has 1 aliphatic rings. The molecule has 0 spiro atoms. The summed E-state index contributed by atoms with van der Waals surface area (Å²) < 4.78 is 35.4. The van der Waals surface area contributed by atoms with Gasteiger partial charge in [0.1, 0.15) is 0 Å². The van der Waals surface area contributed by atoms with Crippen molar-refractivity contribution in [3.05, 3.63) is 80.9 Å². The van der Waals surface area contributed by atoms with Crippen molar-refractivity contribution in [3.8, 4) is 5.69 Å². The van der Waals surface area contributed by atoms with Crippen LogP contribution in [0.15, 0.2) is 58.2 Å². The lowest BCUT2D eigenvalue weighted by Gasteiger charge is -2.25. The van der Waals surface area contributed by atoms with Crippen molar-refractivity contribution < 1.29 is 17.9 Å². The summed E-state index contributed by atoms with van der Waals surface area (Å²) in [7, 11) is -3.98. The van der Waals surface area contributed by atoms with Crippen molar-refractivity contribution in [1.82, 2.24) is 14.5 Å². The molecule has 0 atom stereocenters. The molecular weight excluding hydrogens is 516 g/mol. The van der Waals surface area contributed by atoms with Crippen LogP contribution in [0.4, 0.5) is 5.69 Å². The number of imidazole rings is 1. The summed E-state index contributed by atoms with van der Waals surface area (Å²) in [6.07, 6.45) is 2.40. The van der Waals surface area contributed by atoms with E-state index >= 15 is 0 Å². The number of nitrogens with one attached hydrogen (secondary N) is 1. The van der Waals surface area contributed by atoms with Gasteiger partial charge in [-0.05, 0) is 74.6 Å². The lowest BCUT2D eigenvalue weighted by atomic mass is 10.1. The van der Waals surface area contributed by atoms with Gasteiger partial charge in [0.15, 0.2) is 11.3 Å². The van der Waals surface area contributed by atoms with Crippen LogP contribution in [0.3, 0.4) is 0 Å². The monoisotopic (exact) mass is 540 g/mol. The average Bonchev–Trinajstić information content (AvgIpc) is 3.05. The number of rotatable bonds is 5. The van der Waals surface area contributed by atoms with Crippen molar-refractivity contribution in [2.24, 2.45) is 0 Å². The first kappa shape index (κ1) is 25.0. The van der Waals surface area contributed by atoms with Gasteiger partial charge in [0.05, 0.1) is 33.4 Å². The molecular formula is C26H25ClN4O5S. The number of aromatic amines is 1. The third kappa shape index (κ3) is 4.40. The fourth-order valence-electron chi connectivity index (χ4n) is 4.62. The highest BCUT2D eigenvalue weighted by atomic mass is 35.5. The maximum Gasteiger partial charge on any atom is 0.357 e. The lowest BCUT2D eigenvalue weighted by Crippen LogP contribution is -2.32. The number of carbonyl (C=O) groups excluding carboxylic acids is 1. The summed E-state index contributed by atoms with van der Waals surface area (Å²) in [5.41, 5.74) is 2.37. The highest BCUT2D eigenvalue weighted by Gasteiger charge is 2.29. The Labute approximate surface area is 218 Å². The van der Waals surface area contributed by atoms with Crippen LogP contribution in [0.25, 0.3) is 16.9 Å². The third-order valence-electron chi connectivity index (χ3n) is 6.39. The number of fused-ring (bicyclic) bond motifs is 2. The van der Waals surface area contributed by atoms with Crippen LogP contribution in [0.1, 0.15) is 41.4 Å². The number of sulfonamides is 1. The van der Waals surface area contributed by atoms with E-state index in [1.807, 2.05) is 24.3 Å². The van der Waals surface area contributed by atoms with Crippen LogP contribution in [0.2, 0.25) is 5.02 Å². The van der Waals surface area contributed by atoms with Crippen molar-refractivity contribution in [3.63, 3.8) is 0 Å². The van der Waals surface area contributed by atoms with Crippen LogP contribution in [0.5, 0.6) is 0 Å². The van der Waals surface area contributed by atoms with Crippen LogP contribution in [-0.2, 0) is 21.2 Å². The second kappa shape index (κ2) is 9.68. The summed E-state index contributed by atoms with van der Waals surface area (Å²) in [6.45, 7) is 3.92. The predicted octanol–water partition coefficient (Wildman–Crippen LogP) is 4.38. The Hall–Kier alpha value is -3.63. The first-order valence-corrected chi connectivity index (χ1v) is 13.7. The summed E-state index contributed by atoms with van der Waals surface area (Å²) in [6, 6.07) is 13.2. The number of nitrogens with zero attached hydrogens (tertiary/aromatic N) is 3. The van der Waals surface area contributed by atoms with Gasteiger partial charge in [-0.25, -0.2) is 27.6 Å². The molecule has 0 aliphatic carbocycles. The predicted molar refractivity (Wildman–Crippen MR) is 141 cm³/mol. The third-order valence-corrected chi connectivity index (χ3v) is 8.52. The molecule has 1 N–H and O–H groups in total. The Morgan fingerprint density at radius 1 is 1.14 bits per heavy atom. The Balaban J connectivity index is 1.67. The van der Waals surface area contributed by atoms with E-state index in [-0.39, 0.29) is 33.6 Å². The molecule has 37 heavy (non-hydrogen) atoms. The molecule has 2 aromatic heterocycles. The van der Waals surface area contributed by atoms with Gasteiger partial charge in [-0.15, -0.1) is 0 Å². The molecule has 192 valence electrons. The maximum atomic E-state index is 13.9. The smallest absolute Gasteiger partial charge is 0.357 e. The molecule has 0 unspecified atom stereocenters. The SMILES string of the molecule is CCOC(=O)c1cc(C)c2[nH]c(=O)n(-c3cc(S(=O)(=O)N4CCCCc5ccccc54)ccc3Cl)c2n1. The average molecular weight is 541 g/mol. The lowest BCUT2D eigenvalue weighted by molar-refractivity contribution is 0.0519. The fraction of sp³-hybridized carbons (Fsp3) is 0.269. The number of benzene rings is 2. The summed E-state index contributed by atoms with van der Waals surface area (Å²) >= 11 is 6.49. The molecule has 5 rings (SSSR count). The van der Waals surface area contributed by atoms with Crippen LogP contribution in [0, 0.1) is 6.92 Å². The van der Waals surface area contributed by atoms with Crippen molar-refractivity contribution in [2.45, 2.75) is 38.0 Å². The number of para-hydroxylation sites is 1. The minimum Gasteiger partial charge on any atom is -0.461 e. The van der Waals surface area contributed by atoms with E-state index in [9.17, 15) is 18.0 Å². The standard InChI is InChI=1S/C26H25ClN4O5S/c1-3-36-25(32)20-14-16(2)23-24(28-20)31(26(33)29-23)22-15-18(11-12-19(22)27)37(34,35)30-13-7-6-9-17-8-4-5-10-21(17)30/h4-5,8,10-12,14-15H,3,6-7,9,13H2,1-2H3,(H,29,33). The van der Waals surface area contributed by atoms with Crippen molar-refractivity contribution in [1.29, 1.82) is 0 Å². The Bertz CT molecular complexity index is 1690. The Morgan fingerprint density at radius 2 is 1.92 bits per heavy atom. The molecule has 2 aromatic carbocycles. The highest BCUT2D eigenvalue weighted by molar-refractivity contribution is 7.92. The summed E-state index contributed by atoms with van der Waals surface area (Å²) in [5, 5.41) is 0.152. The molecule has 0 radical (unpaired) electrons. The largest absolute Gasteiger partial charge is 0.461 e. The molecule has 0 fully saturated rings. The van der Waals surface area contributed by atoms with Crippen LogP contribution < -0.4 is 9.99 Å². The summed E-state index contributed by atoms with van der Waals surface area (Å²) in [5.74, 6) is -0.630. The molecule has 1 aliphatic heterocycles. The van der Waals surface area contributed by atoms with Gasteiger partial charge >= 0.3 is 11.7 Å². The van der Waals surface area contributed by atoms with E-state index in [1.165, 1.54) is 33.1 Å². The number of anilines is 1. The van der Waals surface area contributed by atoms with E-state index in [0.717, 1.165) is 24.8 Å². The topological polar surface area (TPSA) is 114 Å². The number of esters is 1. The number of hydrogen-bond donors (Lipinski definition) is 1. The maximum absolute atomic E-state index is 13.9. The van der Waals surface area contributed by atoms with Gasteiger partial charge in [0.2, 0.25) is 0 Å². The Morgan fingerprint density at radius 3 is 2.70 bits per heavy atom. The van der Waals surface area contributed by atoms with Gasteiger partial charge in [-0.3, -0.25) is 4.31 Å². The normalized spacial score (nSPS) is 13.9. The fourth-order valence-corrected chi connectivity index (χ4v) is 6.39. The van der Waals surface area contributed by atoms with Crippen molar-refractivity contribution in [2.75, 3.05) is 17.5 Å². The number of halogens is 1. The molecule has 0 amide bonds. The zero-order valence-electron chi connectivity index (χ0n) is 20.3. The van der Waals surface area contributed by atoms with Gasteiger partial charge in [-0.1, -0.05) is 29.8 Å². The number of aromatic nitrogens is 3. The number of H-pyrrole nitrogens is 1. The zero-order chi connectivity index (χ0) is 26.3. The molecule has 0 saturated heterocycles. The van der Waals surface area contributed by atoms with E-state index in [1.54, 1.807) is 13.8 Å². The highest BCUT2D eigenvalue weighted by Crippen LogP contribution is 2.33. The number of ether oxygens (including phenoxy) is 1. The Kier molecular flexibility index (Phi) is 6.55. The van der Waals surface area contributed by atoms with E-state index in [2.05, 4.69) is 9.97 Å². The van der Waals surface area contributed by atoms with Gasteiger partial charge < -0.3 is 9.72 Å². The number of hydrogen-bond acceptors (Lipinski definition) is 6. The quantitative estimate of drug-likeness (QED) is 0.376. The first-order valence-electron chi connectivity index (χ1n) is 11.9. The van der Waals surface area contributed by atoms with E-state index in [0.29, 0.717) is 23.3 Å². The van der Waals surface area contributed by atoms with E-state index in [4.69, 9.17) is 16.3 Å². The van der Waals surface area contributed by atoms with Crippen molar-refractivity contribution >= 4 is 44.4 Å². The second-order valence-corrected chi connectivity index (χ2v) is 11.1. The molecule has 11 heteroatoms. The minimum atomic E-state index is -3.98.